The second-order valence-corrected chi connectivity index (χ2v) is 2.52. The summed E-state index contributed by atoms with van der Waals surface area (Å²) in [5.41, 5.74) is 0. The Balaban J connectivity index is 2.42. The molecule has 1 rings (SSSR count). The van der Waals surface area contributed by atoms with Crippen LogP contribution in [-0.4, -0.2) is 42.1 Å². The Morgan fingerprint density at radius 2 is 2.31 bits per heavy atom. The molecule has 1 unspecified atom stereocenters. The van der Waals surface area contributed by atoms with E-state index in [9.17, 15) is 14.4 Å². The molecule has 1 saturated heterocycles. The largest absolute Gasteiger partial charge is 0.465 e. The van der Waals surface area contributed by atoms with Crippen LogP contribution >= 0.6 is 0 Å². The normalized spacial score (nSPS) is 21.7. The van der Waals surface area contributed by atoms with Gasteiger partial charge in [0.25, 0.3) is 0 Å². The molecule has 7 nitrogen and oxygen atoms in total. The third kappa shape index (κ3) is 2.62. The molecule has 0 aromatic carbocycles. The summed E-state index contributed by atoms with van der Waals surface area (Å²) in [6.07, 6.45) is -1.23. The van der Waals surface area contributed by atoms with Crippen molar-refractivity contribution >= 4 is 17.9 Å². The van der Waals surface area contributed by atoms with Gasteiger partial charge in [0.2, 0.25) is 11.8 Å². The summed E-state index contributed by atoms with van der Waals surface area (Å²) in [6, 6.07) is -0.808. The number of hydrogen-bond donors (Lipinski definition) is 4. The lowest BCUT2D eigenvalue weighted by Crippen LogP contribution is -2.59. The molecule has 0 aromatic heterocycles. The number of amides is 3. The van der Waals surface area contributed by atoms with Crippen LogP contribution in [-0.2, 0) is 9.59 Å². The first kappa shape index (κ1) is 9.30. The fraction of sp³-hybridized carbons (Fsp3) is 0.500. The smallest absolute Gasteiger partial charge is 0.404 e. The summed E-state index contributed by atoms with van der Waals surface area (Å²) in [6.45, 7) is -0.171. The number of piperazine rings is 1. The van der Waals surface area contributed by atoms with Gasteiger partial charge in [-0.1, -0.05) is 0 Å². The fourth-order valence-electron chi connectivity index (χ4n) is 0.935. The highest BCUT2D eigenvalue weighted by molar-refractivity contribution is 5.95. The summed E-state index contributed by atoms with van der Waals surface area (Å²) >= 11 is 0. The minimum absolute atomic E-state index is 0.0532. The van der Waals surface area contributed by atoms with Crippen LogP contribution in [0.5, 0.6) is 0 Å². The van der Waals surface area contributed by atoms with Crippen molar-refractivity contribution in [1.29, 1.82) is 0 Å². The van der Waals surface area contributed by atoms with Crippen molar-refractivity contribution in [2.24, 2.45) is 0 Å². The minimum Gasteiger partial charge on any atom is -0.465 e. The molecular weight excluding hydrogens is 178 g/mol. The van der Waals surface area contributed by atoms with Gasteiger partial charge in [0.15, 0.2) is 0 Å². The van der Waals surface area contributed by atoms with Crippen LogP contribution in [0.3, 0.4) is 0 Å². The van der Waals surface area contributed by atoms with Gasteiger partial charge in [-0.05, 0) is 0 Å². The van der Waals surface area contributed by atoms with Crippen LogP contribution < -0.4 is 16.0 Å². The fourth-order valence-corrected chi connectivity index (χ4v) is 0.935. The van der Waals surface area contributed by atoms with E-state index in [1.165, 1.54) is 0 Å². The van der Waals surface area contributed by atoms with E-state index in [1.54, 1.807) is 0 Å². The van der Waals surface area contributed by atoms with E-state index in [0.717, 1.165) is 0 Å². The number of hydrogen-bond acceptors (Lipinski definition) is 3. The minimum atomic E-state index is -1.23. The van der Waals surface area contributed by atoms with Crippen LogP contribution in [0.1, 0.15) is 0 Å². The van der Waals surface area contributed by atoms with Crippen LogP contribution in [0.4, 0.5) is 4.79 Å². The number of carboxylic acid groups (broad SMARTS) is 1. The van der Waals surface area contributed by atoms with Crippen molar-refractivity contribution in [3.63, 3.8) is 0 Å². The second-order valence-electron chi connectivity index (χ2n) is 2.52. The molecule has 4 N–H and O–H groups in total. The Kier molecular flexibility index (Phi) is 2.68. The zero-order valence-electron chi connectivity index (χ0n) is 6.66. The van der Waals surface area contributed by atoms with E-state index in [1.807, 2.05) is 5.32 Å². The van der Waals surface area contributed by atoms with Crippen molar-refractivity contribution in [2.45, 2.75) is 6.04 Å². The molecule has 0 aromatic rings. The lowest BCUT2D eigenvalue weighted by Gasteiger charge is -2.22. The van der Waals surface area contributed by atoms with E-state index in [-0.39, 0.29) is 24.9 Å². The molecule has 0 bridgehead atoms. The number of carbonyl (C=O) groups is 3. The standard InChI is InChI=1S/C6H9N3O4/c10-4-2-7-5(11)3(9-4)1-8-6(12)13/h3,8H,1-2H2,(H,7,11)(H,9,10)(H,12,13). The molecule has 1 heterocycles. The highest BCUT2D eigenvalue weighted by Gasteiger charge is 2.25. The second kappa shape index (κ2) is 3.74. The van der Waals surface area contributed by atoms with Gasteiger partial charge in [0, 0.05) is 0 Å². The van der Waals surface area contributed by atoms with Crippen LogP contribution in [0, 0.1) is 0 Å². The molecule has 72 valence electrons. The highest BCUT2D eigenvalue weighted by atomic mass is 16.4. The van der Waals surface area contributed by atoms with Gasteiger partial charge in [-0.3, -0.25) is 9.59 Å². The lowest BCUT2D eigenvalue weighted by atomic mass is 10.2. The van der Waals surface area contributed by atoms with Crippen molar-refractivity contribution < 1.29 is 19.5 Å². The third-order valence-corrected chi connectivity index (χ3v) is 1.53. The molecule has 1 atom stereocenters. The SMILES string of the molecule is O=C(O)NCC1NC(=O)CNC1=O. The molecule has 1 fully saturated rings. The molecule has 0 radical (unpaired) electrons. The number of carbonyl (C=O) groups excluding carboxylic acids is 2. The van der Waals surface area contributed by atoms with Crippen molar-refractivity contribution in [3.05, 3.63) is 0 Å². The van der Waals surface area contributed by atoms with E-state index in [2.05, 4.69) is 10.6 Å². The quantitative estimate of drug-likeness (QED) is 0.396. The summed E-state index contributed by atoms with van der Waals surface area (Å²) < 4.78 is 0. The van der Waals surface area contributed by atoms with E-state index in [0.29, 0.717) is 0 Å². The summed E-state index contributed by atoms with van der Waals surface area (Å²) in [7, 11) is 0. The number of nitrogens with one attached hydrogen (secondary N) is 3. The van der Waals surface area contributed by atoms with Gasteiger partial charge in [-0.2, -0.15) is 0 Å². The summed E-state index contributed by atoms with van der Waals surface area (Å²) in [5, 5.41) is 14.9. The Bertz CT molecular complexity index is 252. The summed E-state index contributed by atoms with van der Waals surface area (Å²) in [5.74, 6) is -0.704. The maximum Gasteiger partial charge on any atom is 0.404 e. The summed E-state index contributed by atoms with van der Waals surface area (Å²) in [4.78, 5) is 31.8. The predicted octanol–water partition coefficient (Wildman–Crippen LogP) is -2.13. The zero-order valence-corrected chi connectivity index (χ0v) is 6.66. The third-order valence-electron chi connectivity index (χ3n) is 1.53. The van der Waals surface area contributed by atoms with Gasteiger partial charge < -0.3 is 21.1 Å². The predicted molar refractivity (Wildman–Crippen MR) is 41.0 cm³/mol. The van der Waals surface area contributed by atoms with Gasteiger partial charge in [-0.25, -0.2) is 4.79 Å². The van der Waals surface area contributed by atoms with Gasteiger partial charge in [0.1, 0.15) is 6.04 Å². The Morgan fingerprint density at radius 3 is 2.92 bits per heavy atom. The lowest BCUT2D eigenvalue weighted by molar-refractivity contribution is -0.133. The van der Waals surface area contributed by atoms with Crippen molar-refractivity contribution in [2.75, 3.05) is 13.1 Å². The molecule has 0 aliphatic carbocycles. The van der Waals surface area contributed by atoms with Crippen LogP contribution in [0.15, 0.2) is 0 Å². The van der Waals surface area contributed by atoms with E-state index < -0.39 is 12.1 Å². The van der Waals surface area contributed by atoms with Gasteiger partial charge in [0.05, 0.1) is 13.1 Å². The molecule has 7 heteroatoms. The van der Waals surface area contributed by atoms with E-state index in [4.69, 9.17) is 5.11 Å². The van der Waals surface area contributed by atoms with Crippen LogP contribution in [0.25, 0.3) is 0 Å². The topological polar surface area (TPSA) is 108 Å². The first-order valence-electron chi connectivity index (χ1n) is 3.63. The first-order valence-corrected chi connectivity index (χ1v) is 3.63. The highest BCUT2D eigenvalue weighted by Crippen LogP contribution is 1.88. The van der Waals surface area contributed by atoms with Crippen molar-refractivity contribution in [3.8, 4) is 0 Å². The zero-order chi connectivity index (χ0) is 9.84. The number of rotatable bonds is 2. The molecular formula is C6H9N3O4. The Labute approximate surface area is 73.5 Å². The molecule has 13 heavy (non-hydrogen) atoms. The average Bonchev–Trinajstić information content (AvgIpc) is 2.06. The van der Waals surface area contributed by atoms with Gasteiger partial charge in [-0.15, -0.1) is 0 Å². The van der Waals surface area contributed by atoms with E-state index >= 15 is 0 Å². The molecule has 1 aliphatic rings. The Morgan fingerprint density at radius 1 is 1.62 bits per heavy atom. The maximum absolute atomic E-state index is 11.0. The maximum atomic E-state index is 11.0. The molecule has 0 saturated carbocycles. The van der Waals surface area contributed by atoms with Crippen molar-refractivity contribution in [1.82, 2.24) is 16.0 Å². The molecule has 0 spiro atoms. The monoisotopic (exact) mass is 187 g/mol. The first-order chi connectivity index (χ1) is 6.09. The van der Waals surface area contributed by atoms with Crippen LogP contribution in [0.2, 0.25) is 0 Å². The Hall–Kier alpha value is -1.79. The van der Waals surface area contributed by atoms with Gasteiger partial charge >= 0.3 is 6.09 Å². The average molecular weight is 187 g/mol. The molecule has 3 amide bonds. The molecule has 1 aliphatic heterocycles.